The van der Waals surface area contributed by atoms with Crippen LogP contribution in [0.25, 0.3) is 11.1 Å². The molecule has 18 heavy (non-hydrogen) atoms. The number of hydrogen-bond donors (Lipinski definition) is 2. The fourth-order valence-electron chi connectivity index (χ4n) is 1.69. The minimum absolute atomic E-state index is 0.0463. The van der Waals surface area contributed by atoms with Crippen molar-refractivity contribution in [2.24, 2.45) is 0 Å². The molecule has 92 valence electrons. The summed E-state index contributed by atoms with van der Waals surface area (Å²) in [5, 5.41) is 19.3. The number of benzene rings is 2. The predicted molar refractivity (Wildman–Crippen MR) is 72.4 cm³/mol. The third kappa shape index (κ3) is 2.33. The van der Waals surface area contributed by atoms with Crippen molar-refractivity contribution >= 4 is 18.0 Å². The number of thioether (sulfide) groups is 1. The topological polar surface area (TPSA) is 57.5 Å². The normalized spacial score (nSPS) is 10.3. The van der Waals surface area contributed by atoms with Gasteiger partial charge in [0, 0.05) is 16.5 Å². The molecule has 0 saturated carbocycles. The second-order valence-corrected chi connectivity index (χ2v) is 4.65. The van der Waals surface area contributed by atoms with E-state index in [1.54, 1.807) is 11.8 Å². The Morgan fingerprint density at radius 3 is 2.28 bits per heavy atom. The SMILES string of the molecule is CSc1ccc(-c2cc(C=O)c(O)cc2O)cc1. The molecule has 0 saturated heterocycles. The van der Waals surface area contributed by atoms with E-state index in [0.29, 0.717) is 11.8 Å². The molecule has 2 N–H and O–H groups in total. The van der Waals surface area contributed by atoms with E-state index in [4.69, 9.17) is 0 Å². The van der Waals surface area contributed by atoms with E-state index in [2.05, 4.69) is 0 Å². The molecule has 2 rings (SSSR count). The molecular weight excluding hydrogens is 248 g/mol. The highest BCUT2D eigenvalue weighted by Gasteiger charge is 2.09. The molecule has 0 fully saturated rings. The van der Waals surface area contributed by atoms with E-state index in [9.17, 15) is 15.0 Å². The lowest BCUT2D eigenvalue weighted by atomic mass is 10.0. The third-order valence-electron chi connectivity index (χ3n) is 2.67. The molecule has 0 bridgehead atoms. The zero-order valence-electron chi connectivity index (χ0n) is 9.75. The van der Waals surface area contributed by atoms with Gasteiger partial charge in [0.1, 0.15) is 11.5 Å². The van der Waals surface area contributed by atoms with Gasteiger partial charge in [0.25, 0.3) is 0 Å². The van der Waals surface area contributed by atoms with Gasteiger partial charge in [-0.1, -0.05) is 12.1 Å². The molecule has 0 spiro atoms. The Kier molecular flexibility index (Phi) is 3.58. The Labute approximate surface area is 109 Å². The highest BCUT2D eigenvalue weighted by atomic mass is 32.2. The molecule has 0 heterocycles. The molecule has 0 unspecified atom stereocenters. The average molecular weight is 260 g/mol. The monoisotopic (exact) mass is 260 g/mol. The lowest BCUT2D eigenvalue weighted by molar-refractivity contribution is 0.112. The van der Waals surface area contributed by atoms with Crippen LogP contribution in [0.1, 0.15) is 10.4 Å². The van der Waals surface area contributed by atoms with Crippen molar-refractivity contribution in [1.29, 1.82) is 0 Å². The maximum Gasteiger partial charge on any atom is 0.153 e. The van der Waals surface area contributed by atoms with Crippen molar-refractivity contribution in [1.82, 2.24) is 0 Å². The van der Waals surface area contributed by atoms with E-state index in [1.165, 1.54) is 12.1 Å². The molecule has 0 amide bonds. The Bertz CT molecular complexity index is 576. The highest BCUT2D eigenvalue weighted by molar-refractivity contribution is 7.98. The first-order valence-electron chi connectivity index (χ1n) is 5.31. The first-order chi connectivity index (χ1) is 8.65. The molecule has 0 atom stereocenters. The van der Waals surface area contributed by atoms with Gasteiger partial charge in [0.2, 0.25) is 0 Å². The number of rotatable bonds is 3. The van der Waals surface area contributed by atoms with Crippen LogP contribution in [0.15, 0.2) is 41.3 Å². The minimum atomic E-state index is -0.216. The summed E-state index contributed by atoms with van der Waals surface area (Å²) in [7, 11) is 0. The smallest absolute Gasteiger partial charge is 0.153 e. The average Bonchev–Trinajstić information content (AvgIpc) is 2.39. The van der Waals surface area contributed by atoms with Crippen LogP contribution in [0.2, 0.25) is 0 Å². The van der Waals surface area contributed by atoms with Crippen LogP contribution in [0, 0.1) is 0 Å². The standard InChI is InChI=1S/C14H12O3S/c1-18-11-4-2-9(3-5-11)12-6-10(8-15)13(16)7-14(12)17/h2-8,16-17H,1H3. The summed E-state index contributed by atoms with van der Waals surface area (Å²) in [5.74, 6) is -0.262. The Morgan fingerprint density at radius 2 is 1.72 bits per heavy atom. The quantitative estimate of drug-likeness (QED) is 0.656. The van der Waals surface area contributed by atoms with Crippen LogP contribution < -0.4 is 0 Å². The Balaban J connectivity index is 2.52. The van der Waals surface area contributed by atoms with Crippen molar-refractivity contribution < 1.29 is 15.0 Å². The summed E-state index contributed by atoms with van der Waals surface area (Å²) in [5.41, 5.74) is 1.49. The van der Waals surface area contributed by atoms with E-state index in [1.807, 2.05) is 30.5 Å². The third-order valence-corrected chi connectivity index (χ3v) is 3.42. The fraction of sp³-hybridized carbons (Fsp3) is 0.0714. The highest BCUT2D eigenvalue weighted by Crippen LogP contribution is 2.34. The van der Waals surface area contributed by atoms with Gasteiger partial charge in [-0.15, -0.1) is 11.8 Å². The number of aromatic hydroxyl groups is 2. The van der Waals surface area contributed by atoms with Gasteiger partial charge < -0.3 is 10.2 Å². The second kappa shape index (κ2) is 5.14. The van der Waals surface area contributed by atoms with Gasteiger partial charge in [-0.3, -0.25) is 4.79 Å². The van der Waals surface area contributed by atoms with Crippen LogP contribution in [0.4, 0.5) is 0 Å². The second-order valence-electron chi connectivity index (χ2n) is 3.77. The van der Waals surface area contributed by atoms with Crippen molar-refractivity contribution in [2.45, 2.75) is 4.90 Å². The van der Waals surface area contributed by atoms with E-state index >= 15 is 0 Å². The number of phenolic OH excluding ortho intramolecular Hbond substituents is 2. The van der Waals surface area contributed by atoms with Crippen molar-refractivity contribution in [3.05, 3.63) is 42.0 Å². The zero-order chi connectivity index (χ0) is 13.1. The number of phenols is 2. The molecule has 2 aromatic rings. The van der Waals surface area contributed by atoms with Crippen LogP contribution in [-0.2, 0) is 0 Å². The predicted octanol–water partition coefficient (Wildman–Crippen LogP) is 3.30. The van der Waals surface area contributed by atoms with Gasteiger partial charge >= 0.3 is 0 Å². The first kappa shape index (κ1) is 12.5. The van der Waals surface area contributed by atoms with Crippen LogP contribution in [0.5, 0.6) is 11.5 Å². The summed E-state index contributed by atoms with van der Waals surface area (Å²) in [6.07, 6.45) is 2.55. The van der Waals surface area contributed by atoms with Crippen LogP contribution in [-0.4, -0.2) is 22.8 Å². The van der Waals surface area contributed by atoms with Crippen molar-refractivity contribution in [2.75, 3.05) is 6.26 Å². The molecule has 0 aromatic heterocycles. The van der Waals surface area contributed by atoms with Gasteiger partial charge in [0.15, 0.2) is 6.29 Å². The largest absolute Gasteiger partial charge is 0.507 e. The molecule has 4 heteroatoms. The van der Waals surface area contributed by atoms with E-state index < -0.39 is 0 Å². The zero-order valence-corrected chi connectivity index (χ0v) is 10.6. The van der Waals surface area contributed by atoms with Crippen LogP contribution in [0.3, 0.4) is 0 Å². The van der Waals surface area contributed by atoms with Gasteiger partial charge in [-0.05, 0) is 30.0 Å². The summed E-state index contributed by atoms with van der Waals surface area (Å²) in [4.78, 5) is 11.9. The maximum atomic E-state index is 10.8. The van der Waals surface area contributed by atoms with Gasteiger partial charge in [-0.25, -0.2) is 0 Å². The molecule has 3 nitrogen and oxygen atoms in total. The number of hydrogen-bond acceptors (Lipinski definition) is 4. The number of aldehydes is 1. The fourth-order valence-corrected chi connectivity index (χ4v) is 2.10. The molecule has 2 aromatic carbocycles. The lowest BCUT2D eigenvalue weighted by Gasteiger charge is -2.08. The molecule has 0 aliphatic carbocycles. The Hall–Kier alpha value is -1.94. The van der Waals surface area contributed by atoms with Crippen molar-refractivity contribution in [3.8, 4) is 22.6 Å². The summed E-state index contributed by atoms with van der Waals surface area (Å²) >= 11 is 1.63. The molecule has 0 aliphatic rings. The summed E-state index contributed by atoms with van der Waals surface area (Å²) in [6.45, 7) is 0. The molecule has 0 radical (unpaired) electrons. The number of carbonyl (C=O) groups is 1. The minimum Gasteiger partial charge on any atom is -0.507 e. The maximum absolute atomic E-state index is 10.8. The summed E-state index contributed by atoms with van der Waals surface area (Å²) in [6, 6.07) is 10.3. The van der Waals surface area contributed by atoms with E-state index in [-0.39, 0.29) is 17.1 Å². The Morgan fingerprint density at radius 1 is 1.06 bits per heavy atom. The lowest BCUT2D eigenvalue weighted by Crippen LogP contribution is -1.86. The van der Waals surface area contributed by atoms with Crippen molar-refractivity contribution in [3.63, 3.8) is 0 Å². The number of carbonyl (C=O) groups excluding carboxylic acids is 1. The van der Waals surface area contributed by atoms with E-state index in [0.717, 1.165) is 10.5 Å². The van der Waals surface area contributed by atoms with Gasteiger partial charge in [0.05, 0.1) is 5.56 Å². The first-order valence-corrected chi connectivity index (χ1v) is 6.53. The molecular formula is C14H12O3S. The van der Waals surface area contributed by atoms with Gasteiger partial charge in [-0.2, -0.15) is 0 Å². The van der Waals surface area contributed by atoms with Crippen LogP contribution >= 0.6 is 11.8 Å². The molecule has 0 aliphatic heterocycles. The summed E-state index contributed by atoms with van der Waals surface area (Å²) < 4.78 is 0.